The van der Waals surface area contributed by atoms with E-state index in [0.717, 1.165) is 11.1 Å². The lowest BCUT2D eigenvalue weighted by molar-refractivity contribution is 0.415. The molecule has 0 saturated carbocycles. The quantitative estimate of drug-likeness (QED) is 0.385. The summed E-state index contributed by atoms with van der Waals surface area (Å²) in [5.41, 5.74) is 9.69. The van der Waals surface area contributed by atoms with E-state index >= 15 is 0 Å². The summed E-state index contributed by atoms with van der Waals surface area (Å²) in [6.45, 7) is 1.89. The van der Waals surface area contributed by atoms with Crippen molar-refractivity contribution < 1.29 is 13.2 Å². The molecule has 34 heavy (non-hydrogen) atoms. The number of ether oxygens (including phenoxy) is 1. The van der Waals surface area contributed by atoms with Gasteiger partial charge in [0.05, 0.1) is 29.3 Å². The Bertz CT molecular complexity index is 1670. The van der Waals surface area contributed by atoms with Gasteiger partial charge in [-0.2, -0.15) is 9.78 Å². The van der Waals surface area contributed by atoms with E-state index in [9.17, 15) is 8.42 Å². The van der Waals surface area contributed by atoms with Gasteiger partial charge in [-0.3, -0.25) is 0 Å². The van der Waals surface area contributed by atoms with Crippen molar-refractivity contribution in [2.24, 2.45) is 5.10 Å². The van der Waals surface area contributed by atoms with E-state index in [2.05, 4.69) is 15.1 Å². The Hall–Kier alpha value is -4.24. The summed E-state index contributed by atoms with van der Waals surface area (Å²) >= 11 is 0. The molecule has 0 unspecified atom stereocenters. The van der Waals surface area contributed by atoms with Crippen LogP contribution in [0, 0.1) is 6.92 Å². The third-order valence-electron chi connectivity index (χ3n) is 5.44. The van der Waals surface area contributed by atoms with Gasteiger partial charge >= 0.3 is 0 Å². The molecule has 2 N–H and O–H groups in total. The Kier molecular flexibility index (Phi) is 5.25. The van der Waals surface area contributed by atoms with Crippen LogP contribution in [0.3, 0.4) is 0 Å². The van der Waals surface area contributed by atoms with Gasteiger partial charge in [-0.15, -0.1) is 0 Å². The predicted molar refractivity (Wildman–Crippen MR) is 132 cm³/mol. The van der Waals surface area contributed by atoms with Gasteiger partial charge < -0.3 is 10.5 Å². The number of nitrogens with two attached hydrogens (primary N) is 1. The van der Waals surface area contributed by atoms with Crippen molar-refractivity contribution in [3.05, 3.63) is 83.9 Å². The van der Waals surface area contributed by atoms with Crippen molar-refractivity contribution >= 4 is 44.1 Å². The fourth-order valence-corrected chi connectivity index (χ4v) is 5.17. The maximum atomic E-state index is 13.7. The van der Waals surface area contributed by atoms with Crippen LogP contribution in [0.25, 0.3) is 22.2 Å². The largest absolute Gasteiger partial charge is 0.497 e. The van der Waals surface area contributed by atoms with E-state index in [1.165, 1.54) is 4.68 Å². The zero-order chi connectivity index (χ0) is 23.9. The molecule has 9 heteroatoms. The highest BCUT2D eigenvalue weighted by molar-refractivity contribution is 7.92. The van der Waals surface area contributed by atoms with Crippen LogP contribution < -0.4 is 10.5 Å². The number of nitrogens with zero attached hydrogens (tertiary/aromatic N) is 4. The zero-order valence-electron chi connectivity index (χ0n) is 18.5. The first-order chi connectivity index (χ1) is 16.4. The van der Waals surface area contributed by atoms with Crippen LogP contribution in [-0.2, 0) is 9.84 Å². The van der Waals surface area contributed by atoms with Crippen molar-refractivity contribution in [2.45, 2.75) is 16.7 Å². The minimum Gasteiger partial charge on any atom is -0.497 e. The van der Waals surface area contributed by atoms with E-state index in [4.69, 9.17) is 10.5 Å². The lowest BCUT2D eigenvalue weighted by Gasteiger charge is -2.05. The lowest BCUT2D eigenvalue weighted by Crippen LogP contribution is -2.06. The first kappa shape index (κ1) is 21.6. The molecular weight excluding hydrogens is 450 g/mol. The summed E-state index contributed by atoms with van der Waals surface area (Å²) in [4.78, 5) is 9.26. The van der Waals surface area contributed by atoms with E-state index in [1.807, 2.05) is 37.3 Å². The van der Waals surface area contributed by atoms with Gasteiger partial charge in [0.1, 0.15) is 22.0 Å². The molecule has 0 radical (unpaired) electrons. The number of benzene rings is 3. The van der Waals surface area contributed by atoms with Gasteiger partial charge in [-0.25, -0.2) is 18.4 Å². The maximum absolute atomic E-state index is 13.7. The number of hydrogen-bond acceptors (Lipinski definition) is 7. The third kappa shape index (κ3) is 3.65. The van der Waals surface area contributed by atoms with Crippen LogP contribution in [-0.4, -0.2) is 36.4 Å². The number of sulfone groups is 1. The molecule has 3 aromatic carbocycles. The van der Waals surface area contributed by atoms with Crippen LogP contribution in [0.4, 0.5) is 5.82 Å². The molecule has 0 atom stereocenters. The van der Waals surface area contributed by atoms with Crippen LogP contribution in [0.5, 0.6) is 5.75 Å². The Labute approximate surface area is 196 Å². The Morgan fingerprint density at radius 1 is 0.971 bits per heavy atom. The van der Waals surface area contributed by atoms with Crippen LogP contribution in [0.2, 0.25) is 0 Å². The van der Waals surface area contributed by atoms with Gasteiger partial charge in [0, 0.05) is 0 Å². The normalized spacial score (nSPS) is 12.1. The number of aryl methyl sites for hydroxylation is 1. The highest BCUT2D eigenvalue weighted by atomic mass is 32.2. The van der Waals surface area contributed by atoms with Gasteiger partial charge in [0.15, 0.2) is 5.65 Å². The fraction of sp³-hybridized carbons (Fsp3) is 0.0800. The second kappa shape index (κ2) is 8.27. The van der Waals surface area contributed by atoms with E-state index < -0.39 is 9.84 Å². The standard InChI is InChI=1S/C25H21N5O3S/c1-16-10-12-19(13-11-16)34(31,32)23-22-25(29-21-9-4-3-8-20(21)28-22)30(24(23)26)27-15-17-6-5-7-18(14-17)33-2/h3-15H,26H2,1-2H3. The first-order valence-corrected chi connectivity index (χ1v) is 11.9. The minimum atomic E-state index is -4.00. The molecule has 0 aliphatic carbocycles. The van der Waals surface area contributed by atoms with E-state index in [-0.39, 0.29) is 26.8 Å². The minimum absolute atomic E-state index is 0.0648. The average molecular weight is 472 g/mol. The highest BCUT2D eigenvalue weighted by Crippen LogP contribution is 2.35. The predicted octanol–water partition coefficient (Wildman–Crippen LogP) is 4.20. The maximum Gasteiger partial charge on any atom is 0.212 e. The molecule has 5 rings (SSSR count). The van der Waals surface area contributed by atoms with E-state index in [1.54, 1.807) is 55.8 Å². The SMILES string of the molecule is COc1cccc(C=Nn2c(N)c(S(=O)(=O)c3ccc(C)cc3)c3nc4ccccc4nc32)c1. The molecule has 0 aliphatic rings. The molecule has 170 valence electrons. The highest BCUT2D eigenvalue weighted by Gasteiger charge is 2.30. The summed E-state index contributed by atoms with van der Waals surface area (Å²) in [5, 5.41) is 4.47. The molecule has 2 heterocycles. The van der Waals surface area contributed by atoms with Gasteiger partial charge in [0.2, 0.25) is 9.84 Å². The fourth-order valence-electron chi connectivity index (χ4n) is 3.69. The molecule has 0 spiro atoms. The van der Waals surface area contributed by atoms with Gasteiger partial charge in [-0.1, -0.05) is 42.0 Å². The number of nitrogen functional groups attached to an aromatic ring is 1. The molecule has 5 aromatic rings. The summed E-state index contributed by atoms with van der Waals surface area (Å²) in [7, 11) is -2.42. The second-order valence-electron chi connectivity index (χ2n) is 7.75. The summed E-state index contributed by atoms with van der Waals surface area (Å²) in [6.07, 6.45) is 1.57. The van der Waals surface area contributed by atoms with Crippen molar-refractivity contribution in [3.8, 4) is 5.75 Å². The Morgan fingerprint density at radius 2 is 1.68 bits per heavy atom. The molecule has 2 aromatic heterocycles. The molecular formula is C25H21N5O3S. The molecule has 0 saturated heterocycles. The molecule has 0 fully saturated rings. The zero-order valence-corrected chi connectivity index (χ0v) is 19.3. The third-order valence-corrected chi connectivity index (χ3v) is 7.28. The molecule has 0 amide bonds. The summed E-state index contributed by atoms with van der Waals surface area (Å²) in [6, 6.07) is 21.1. The van der Waals surface area contributed by atoms with Crippen LogP contribution in [0.1, 0.15) is 11.1 Å². The monoisotopic (exact) mass is 471 g/mol. The summed E-state index contributed by atoms with van der Waals surface area (Å²) in [5.74, 6) is 0.604. The van der Waals surface area contributed by atoms with Crippen molar-refractivity contribution in [3.63, 3.8) is 0 Å². The molecule has 0 bridgehead atoms. The Balaban J connectivity index is 1.77. The van der Waals surface area contributed by atoms with Crippen molar-refractivity contribution in [1.82, 2.24) is 14.6 Å². The summed E-state index contributed by atoms with van der Waals surface area (Å²) < 4.78 is 33.9. The van der Waals surface area contributed by atoms with Crippen LogP contribution in [0.15, 0.2) is 87.7 Å². The van der Waals surface area contributed by atoms with Crippen molar-refractivity contribution in [2.75, 3.05) is 12.8 Å². The van der Waals surface area contributed by atoms with E-state index in [0.29, 0.717) is 16.8 Å². The number of methoxy groups -OCH3 is 1. The number of para-hydroxylation sites is 2. The molecule has 0 aliphatic heterocycles. The first-order valence-electron chi connectivity index (χ1n) is 10.5. The van der Waals surface area contributed by atoms with Gasteiger partial charge in [0.25, 0.3) is 0 Å². The molecule has 8 nitrogen and oxygen atoms in total. The lowest BCUT2D eigenvalue weighted by atomic mass is 10.2. The second-order valence-corrected chi connectivity index (χ2v) is 9.63. The van der Waals surface area contributed by atoms with Gasteiger partial charge in [-0.05, 0) is 48.9 Å². The number of anilines is 1. The number of hydrogen-bond donors (Lipinski definition) is 1. The number of fused-ring (bicyclic) bond motifs is 2. The topological polar surface area (TPSA) is 112 Å². The van der Waals surface area contributed by atoms with Crippen molar-refractivity contribution in [1.29, 1.82) is 0 Å². The average Bonchev–Trinajstić information content (AvgIpc) is 3.12. The Morgan fingerprint density at radius 3 is 2.38 bits per heavy atom. The number of rotatable bonds is 5. The number of aromatic nitrogens is 3. The van der Waals surface area contributed by atoms with Crippen LogP contribution >= 0.6 is 0 Å². The smallest absolute Gasteiger partial charge is 0.212 e.